The van der Waals surface area contributed by atoms with E-state index in [2.05, 4.69) is 60.0 Å². The summed E-state index contributed by atoms with van der Waals surface area (Å²) in [5.74, 6) is 0.597. The third-order valence-electron chi connectivity index (χ3n) is 10.1. The molecule has 3 aliphatic rings. The van der Waals surface area contributed by atoms with Crippen molar-refractivity contribution >= 4 is 28.7 Å². The molecule has 0 saturated heterocycles. The summed E-state index contributed by atoms with van der Waals surface area (Å²) in [6.45, 7) is 8.30. The van der Waals surface area contributed by atoms with Gasteiger partial charge in [-0.2, -0.15) is 0 Å². The summed E-state index contributed by atoms with van der Waals surface area (Å²) in [7, 11) is 0. The largest absolute Gasteiger partial charge is 0.465 e. The van der Waals surface area contributed by atoms with E-state index >= 15 is 0 Å². The normalized spacial score (nSPS) is 31.3. The van der Waals surface area contributed by atoms with Crippen LogP contribution in [0.25, 0.3) is 11.2 Å². The van der Waals surface area contributed by atoms with Crippen LogP contribution in [-0.4, -0.2) is 38.7 Å². The Bertz CT molecular complexity index is 1360. The molecule has 1 aromatic carbocycles. The lowest BCUT2D eigenvalue weighted by molar-refractivity contribution is -0.155. The molecule has 0 radical (unpaired) electrons. The van der Waals surface area contributed by atoms with Gasteiger partial charge in [0.15, 0.2) is 10.8 Å². The minimum Gasteiger partial charge on any atom is -0.465 e. The van der Waals surface area contributed by atoms with Crippen LogP contribution in [0, 0.1) is 34.5 Å². The standard InChI is InChI=1S/C30H35ClN4O3/c1-29(2)21-11-12-30(29,3)23(13-21)28(36)38-15-20-9-10-24(22(20)16-37-14-19-7-5-4-6-8-19)35-18-34-25-26(31)32-17-33-27(25)35/h4-10,17-18,20-24H,11-16H2,1-3H3/t20-,21?,22-,23?,24-,30-/m0/s1. The zero-order valence-electron chi connectivity index (χ0n) is 22.2. The van der Waals surface area contributed by atoms with Crippen molar-refractivity contribution in [3.05, 3.63) is 65.9 Å². The van der Waals surface area contributed by atoms with E-state index in [0.717, 1.165) is 18.4 Å². The number of fused-ring (bicyclic) bond motifs is 3. The Hall–Kier alpha value is -2.77. The van der Waals surface area contributed by atoms with Gasteiger partial charge in [-0.3, -0.25) is 4.79 Å². The number of imidazole rings is 1. The maximum atomic E-state index is 13.4. The molecule has 6 rings (SSSR count). The highest BCUT2D eigenvalue weighted by Crippen LogP contribution is 2.68. The second kappa shape index (κ2) is 9.76. The van der Waals surface area contributed by atoms with Crippen molar-refractivity contribution in [3.63, 3.8) is 0 Å². The molecule has 0 aliphatic heterocycles. The van der Waals surface area contributed by atoms with Crippen LogP contribution in [0.4, 0.5) is 0 Å². The third kappa shape index (κ3) is 4.15. The van der Waals surface area contributed by atoms with E-state index in [1.165, 1.54) is 12.7 Å². The van der Waals surface area contributed by atoms with Crippen LogP contribution in [0.15, 0.2) is 55.1 Å². The lowest BCUT2D eigenvalue weighted by Crippen LogP contribution is -2.37. The lowest BCUT2D eigenvalue weighted by atomic mass is 9.67. The minimum atomic E-state index is -0.0515. The number of aromatic nitrogens is 4. The van der Waals surface area contributed by atoms with Crippen LogP contribution >= 0.6 is 11.6 Å². The highest BCUT2D eigenvalue weighted by molar-refractivity contribution is 6.33. The Morgan fingerprint density at radius 1 is 1.11 bits per heavy atom. The van der Waals surface area contributed by atoms with Gasteiger partial charge in [0.25, 0.3) is 0 Å². The van der Waals surface area contributed by atoms with Gasteiger partial charge in [-0.15, -0.1) is 0 Å². The molecule has 2 heterocycles. The van der Waals surface area contributed by atoms with Crippen LogP contribution in [-0.2, 0) is 20.9 Å². The molecule has 3 aliphatic carbocycles. The Kier molecular flexibility index (Phi) is 6.55. The molecule has 7 nitrogen and oxygen atoms in total. The molecule has 200 valence electrons. The second-order valence-electron chi connectivity index (χ2n) is 12.0. The molecule has 2 saturated carbocycles. The Balaban J connectivity index is 1.18. The first kappa shape index (κ1) is 25.5. The van der Waals surface area contributed by atoms with E-state index in [-0.39, 0.29) is 40.6 Å². The van der Waals surface area contributed by atoms with Crippen LogP contribution in [0.1, 0.15) is 51.6 Å². The Morgan fingerprint density at radius 2 is 1.92 bits per heavy atom. The van der Waals surface area contributed by atoms with Gasteiger partial charge >= 0.3 is 5.97 Å². The summed E-state index contributed by atoms with van der Waals surface area (Å²) in [4.78, 5) is 26.4. The first-order chi connectivity index (χ1) is 18.3. The van der Waals surface area contributed by atoms with Gasteiger partial charge in [0.1, 0.15) is 11.8 Å². The van der Waals surface area contributed by atoms with Gasteiger partial charge in [0, 0.05) is 11.8 Å². The van der Waals surface area contributed by atoms with Crippen molar-refractivity contribution in [2.24, 2.45) is 34.5 Å². The summed E-state index contributed by atoms with van der Waals surface area (Å²) in [6.07, 6.45) is 10.8. The fourth-order valence-corrected chi connectivity index (χ4v) is 7.44. The minimum absolute atomic E-state index is 0.00962. The van der Waals surface area contributed by atoms with E-state index < -0.39 is 0 Å². The van der Waals surface area contributed by atoms with Crippen LogP contribution in [0.3, 0.4) is 0 Å². The maximum Gasteiger partial charge on any atom is 0.309 e. The molecule has 2 fully saturated rings. The number of esters is 1. The number of benzene rings is 1. The maximum absolute atomic E-state index is 13.4. The molecule has 0 N–H and O–H groups in total. The molecule has 0 amide bonds. The average molecular weight is 535 g/mol. The smallest absolute Gasteiger partial charge is 0.309 e. The number of carbonyl (C=O) groups is 1. The zero-order chi connectivity index (χ0) is 26.5. The molecular weight excluding hydrogens is 500 g/mol. The SMILES string of the molecule is CC1(C)C2CC[C@@]1(C)C(C(=O)OC[C@@H]1C=C[C@H](n3cnc4c(Cl)ncnc43)[C@H]1COCc1ccccc1)C2. The van der Waals surface area contributed by atoms with Crippen molar-refractivity contribution in [2.45, 2.75) is 52.7 Å². The molecule has 0 spiro atoms. The number of rotatable bonds is 8. The lowest BCUT2D eigenvalue weighted by Gasteiger charge is -2.38. The molecule has 2 unspecified atom stereocenters. The highest BCUT2D eigenvalue weighted by Gasteiger charge is 2.63. The predicted molar refractivity (Wildman–Crippen MR) is 145 cm³/mol. The molecule has 2 bridgehead atoms. The van der Waals surface area contributed by atoms with Crippen molar-refractivity contribution < 1.29 is 14.3 Å². The molecule has 38 heavy (non-hydrogen) atoms. The summed E-state index contributed by atoms with van der Waals surface area (Å²) in [6, 6.07) is 10.1. The van der Waals surface area contributed by atoms with Crippen LogP contribution < -0.4 is 0 Å². The molecule has 3 aromatic rings. The van der Waals surface area contributed by atoms with Crippen molar-refractivity contribution in [1.82, 2.24) is 19.5 Å². The number of ether oxygens (including phenoxy) is 2. The summed E-state index contributed by atoms with van der Waals surface area (Å²) >= 11 is 6.27. The van der Waals surface area contributed by atoms with Crippen LogP contribution in [0.2, 0.25) is 5.15 Å². The van der Waals surface area contributed by atoms with Gasteiger partial charge < -0.3 is 14.0 Å². The number of halogens is 1. The third-order valence-corrected chi connectivity index (χ3v) is 10.4. The number of carbonyl (C=O) groups excluding carboxylic acids is 1. The predicted octanol–water partition coefficient (Wildman–Crippen LogP) is 6.05. The summed E-state index contributed by atoms with van der Waals surface area (Å²) in [5.41, 5.74) is 2.57. The fourth-order valence-electron chi connectivity index (χ4n) is 7.26. The number of nitrogens with zero attached hydrogens (tertiary/aromatic N) is 4. The van der Waals surface area contributed by atoms with Gasteiger partial charge in [0.05, 0.1) is 38.1 Å². The number of hydrogen-bond acceptors (Lipinski definition) is 6. The number of hydrogen-bond donors (Lipinski definition) is 0. The Morgan fingerprint density at radius 3 is 2.66 bits per heavy atom. The van der Waals surface area contributed by atoms with E-state index in [9.17, 15) is 4.79 Å². The topological polar surface area (TPSA) is 79.1 Å². The van der Waals surface area contributed by atoms with Crippen molar-refractivity contribution in [2.75, 3.05) is 13.2 Å². The first-order valence-corrected chi connectivity index (χ1v) is 14.0. The monoisotopic (exact) mass is 534 g/mol. The van der Waals surface area contributed by atoms with Gasteiger partial charge in [-0.05, 0) is 41.6 Å². The molecule has 2 aromatic heterocycles. The van der Waals surface area contributed by atoms with E-state index in [1.807, 2.05) is 22.8 Å². The van der Waals surface area contributed by atoms with Gasteiger partial charge in [-0.25, -0.2) is 15.0 Å². The quantitative estimate of drug-likeness (QED) is 0.199. The summed E-state index contributed by atoms with van der Waals surface area (Å²) in [5, 5.41) is 0.334. The fraction of sp³-hybridized carbons (Fsp3) is 0.533. The molecule has 6 atom stereocenters. The molecular formula is C30H35ClN4O3. The van der Waals surface area contributed by atoms with Gasteiger partial charge in [-0.1, -0.05) is 74.9 Å². The average Bonchev–Trinajstić information content (AvgIpc) is 3.62. The second-order valence-corrected chi connectivity index (χ2v) is 12.3. The number of allylic oxidation sites excluding steroid dienone is 1. The van der Waals surface area contributed by atoms with Crippen molar-refractivity contribution in [1.29, 1.82) is 0 Å². The van der Waals surface area contributed by atoms with E-state index in [1.54, 1.807) is 6.33 Å². The highest BCUT2D eigenvalue weighted by atomic mass is 35.5. The van der Waals surface area contributed by atoms with Crippen LogP contribution in [0.5, 0.6) is 0 Å². The zero-order valence-corrected chi connectivity index (χ0v) is 23.0. The van der Waals surface area contributed by atoms with E-state index in [4.69, 9.17) is 21.1 Å². The van der Waals surface area contributed by atoms with Crippen molar-refractivity contribution in [3.8, 4) is 0 Å². The summed E-state index contributed by atoms with van der Waals surface area (Å²) < 4.78 is 14.3. The van der Waals surface area contributed by atoms with E-state index in [0.29, 0.717) is 42.1 Å². The molecule has 8 heteroatoms. The van der Waals surface area contributed by atoms with Gasteiger partial charge in [0.2, 0.25) is 0 Å². The Labute approximate surface area is 228 Å². The first-order valence-electron chi connectivity index (χ1n) is 13.6.